The van der Waals surface area contributed by atoms with Gasteiger partial charge in [-0.3, -0.25) is 14.7 Å². The number of anilines is 1. The highest BCUT2D eigenvalue weighted by Gasteiger charge is 2.32. The van der Waals surface area contributed by atoms with E-state index in [1.54, 1.807) is 18.3 Å². The zero-order chi connectivity index (χ0) is 19.2. The van der Waals surface area contributed by atoms with Gasteiger partial charge in [-0.25, -0.2) is 9.78 Å². The molecule has 2 heterocycles. The second-order valence-electron chi connectivity index (χ2n) is 5.70. The molecule has 0 saturated heterocycles. The number of carbonyl (C=O) groups is 2. The molecular formula is C20H19N3O3S. The van der Waals surface area contributed by atoms with Gasteiger partial charge in [0.1, 0.15) is 15.9 Å². The molecule has 1 amide bonds. The van der Waals surface area contributed by atoms with E-state index in [4.69, 9.17) is 4.74 Å². The minimum atomic E-state index is -0.717. The Labute approximate surface area is 161 Å². The van der Waals surface area contributed by atoms with E-state index < -0.39 is 12.0 Å². The van der Waals surface area contributed by atoms with Crippen molar-refractivity contribution in [2.75, 3.05) is 12.0 Å². The van der Waals surface area contributed by atoms with Gasteiger partial charge in [-0.15, -0.1) is 11.3 Å². The summed E-state index contributed by atoms with van der Waals surface area (Å²) in [5.74, 6) is -0.748. The van der Waals surface area contributed by atoms with Gasteiger partial charge >= 0.3 is 5.97 Å². The summed E-state index contributed by atoms with van der Waals surface area (Å²) in [6.45, 7) is 1.84. The number of rotatable bonds is 6. The molecule has 3 rings (SSSR count). The van der Waals surface area contributed by atoms with E-state index in [0.717, 1.165) is 0 Å². The van der Waals surface area contributed by atoms with Gasteiger partial charge in [0.15, 0.2) is 0 Å². The molecule has 138 valence electrons. The number of benzene rings is 1. The number of aromatic nitrogens is 2. The number of amides is 1. The second kappa shape index (κ2) is 8.55. The predicted molar refractivity (Wildman–Crippen MR) is 105 cm³/mol. The van der Waals surface area contributed by atoms with E-state index in [1.807, 2.05) is 43.3 Å². The van der Waals surface area contributed by atoms with Crippen molar-refractivity contribution in [3.63, 3.8) is 0 Å². The molecule has 2 aromatic heterocycles. The third-order valence-corrected chi connectivity index (χ3v) is 5.03. The van der Waals surface area contributed by atoms with Crippen LogP contribution in [-0.2, 0) is 9.53 Å². The average Bonchev–Trinajstić information content (AvgIpc) is 3.22. The SMILES string of the molecule is CC[C@H](C(=O)OC)N(C(=O)c1cnc(-c2ccccn2)s1)c1ccccc1. The number of ether oxygens (including phenoxy) is 1. The van der Waals surface area contributed by atoms with Crippen molar-refractivity contribution in [1.82, 2.24) is 9.97 Å². The maximum absolute atomic E-state index is 13.3. The van der Waals surface area contributed by atoms with E-state index >= 15 is 0 Å². The number of esters is 1. The van der Waals surface area contributed by atoms with Crippen LogP contribution in [0.3, 0.4) is 0 Å². The van der Waals surface area contributed by atoms with Crippen LogP contribution in [0.1, 0.15) is 23.0 Å². The van der Waals surface area contributed by atoms with Crippen molar-refractivity contribution in [3.8, 4) is 10.7 Å². The van der Waals surface area contributed by atoms with Gasteiger partial charge in [0, 0.05) is 11.9 Å². The van der Waals surface area contributed by atoms with Gasteiger partial charge in [-0.05, 0) is 30.7 Å². The molecule has 0 bridgehead atoms. The zero-order valence-electron chi connectivity index (χ0n) is 15.0. The van der Waals surface area contributed by atoms with E-state index in [9.17, 15) is 9.59 Å². The number of carbonyl (C=O) groups excluding carboxylic acids is 2. The van der Waals surface area contributed by atoms with Crippen LogP contribution in [0, 0.1) is 0 Å². The van der Waals surface area contributed by atoms with Gasteiger partial charge < -0.3 is 4.74 Å². The Kier molecular flexibility index (Phi) is 5.93. The van der Waals surface area contributed by atoms with Gasteiger partial charge in [-0.2, -0.15) is 0 Å². The molecule has 0 saturated carbocycles. The van der Waals surface area contributed by atoms with E-state index in [1.165, 1.54) is 29.5 Å². The first-order valence-corrected chi connectivity index (χ1v) is 9.31. The number of nitrogens with zero attached hydrogens (tertiary/aromatic N) is 3. The average molecular weight is 381 g/mol. The lowest BCUT2D eigenvalue weighted by atomic mass is 10.1. The number of para-hydroxylation sites is 1. The fourth-order valence-corrected chi connectivity index (χ4v) is 3.55. The Bertz CT molecular complexity index is 912. The fraction of sp³-hybridized carbons (Fsp3) is 0.200. The second-order valence-corrected chi connectivity index (χ2v) is 6.73. The highest BCUT2D eigenvalue weighted by Crippen LogP contribution is 2.28. The Morgan fingerprint density at radius 1 is 1.11 bits per heavy atom. The van der Waals surface area contributed by atoms with E-state index in [0.29, 0.717) is 27.7 Å². The Hall–Kier alpha value is -3.06. The summed E-state index contributed by atoms with van der Waals surface area (Å²) >= 11 is 1.25. The summed E-state index contributed by atoms with van der Waals surface area (Å²) in [5, 5.41) is 0.651. The van der Waals surface area contributed by atoms with E-state index in [-0.39, 0.29) is 5.91 Å². The van der Waals surface area contributed by atoms with Gasteiger partial charge in [-0.1, -0.05) is 31.2 Å². The van der Waals surface area contributed by atoms with Crippen LogP contribution in [0.2, 0.25) is 0 Å². The molecular weight excluding hydrogens is 362 g/mol. The van der Waals surface area contributed by atoms with Crippen LogP contribution in [0.25, 0.3) is 10.7 Å². The Morgan fingerprint density at radius 2 is 1.85 bits per heavy atom. The minimum absolute atomic E-state index is 0.293. The van der Waals surface area contributed by atoms with Crippen molar-refractivity contribution in [2.24, 2.45) is 0 Å². The Morgan fingerprint density at radius 3 is 2.48 bits per heavy atom. The van der Waals surface area contributed by atoms with Gasteiger partial charge in [0.25, 0.3) is 5.91 Å². The van der Waals surface area contributed by atoms with Crippen LogP contribution in [-0.4, -0.2) is 35.0 Å². The lowest BCUT2D eigenvalue weighted by Gasteiger charge is -2.28. The lowest BCUT2D eigenvalue weighted by molar-refractivity contribution is -0.142. The Balaban J connectivity index is 1.98. The largest absolute Gasteiger partial charge is 0.467 e. The minimum Gasteiger partial charge on any atom is -0.467 e. The standard InChI is InChI=1S/C20H19N3O3S/c1-3-16(20(25)26-2)23(14-9-5-4-6-10-14)19(24)17-13-22-18(27-17)15-11-7-8-12-21-15/h4-13,16H,3H2,1-2H3/t16-/m1/s1. The van der Waals surface area contributed by atoms with Crippen molar-refractivity contribution >= 4 is 28.9 Å². The van der Waals surface area contributed by atoms with E-state index in [2.05, 4.69) is 9.97 Å². The number of methoxy groups -OCH3 is 1. The summed E-state index contributed by atoms with van der Waals surface area (Å²) in [5.41, 5.74) is 1.33. The summed E-state index contributed by atoms with van der Waals surface area (Å²) in [6.07, 6.45) is 3.63. The molecule has 0 aliphatic rings. The molecule has 0 aliphatic heterocycles. The number of thiazole rings is 1. The smallest absolute Gasteiger partial charge is 0.328 e. The molecule has 0 N–H and O–H groups in total. The summed E-state index contributed by atoms with van der Waals surface area (Å²) in [6, 6.07) is 13.9. The molecule has 0 spiro atoms. The summed E-state index contributed by atoms with van der Waals surface area (Å²) < 4.78 is 4.91. The van der Waals surface area contributed by atoms with Crippen molar-refractivity contribution in [2.45, 2.75) is 19.4 Å². The van der Waals surface area contributed by atoms with Crippen LogP contribution in [0.5, 0.6) is 0 Å². The van der Waals surface area contributed by atoms with Crippen molar-refractivity contribution in [1.29, 1.82) is 0 Å². The third-order valence-electron chi connectivity index (χ3n) is 4.03. The van der Waals surface area contributed by atoms with Crippen LogP contribution in [0.4, 0.5) is 5.69 Å². The normalized spacial score (nSPS) is 11.6. The topological polar surface area (TPSA) is 72.4 Å². The molecule has 1 aromatic carbocycles. The number of hydrogen-bond donors (Lipinski definition) is 0. The lowest BCUT2D eigenvalue weighted by Crippen LogP contribution is -2.45. The molecule has 0 aliphatic carbocycles. The molecule has 6 nitrogen and oxygen atoms in total. The molecule has 7 heteroatoms. The summed E-state index contributed by atoms with van der Waals surface area (Å²) in [4.78, 5) is 36.1. The van der Waals surface area contributed by atoms with Crippen LogP contribution < -0.4 is 4.90 Å². The molecule has 0 fully saturated rings. The first-order valence-electron chi connectivity index (χ1n) is 8.49. The first-order chi connectivity index (χ1) is 13.2. The molecule has 0 unspecified atom stereocenters. The van der Waals surface area contributed by atoms with Crippen molar-refractivity contribution in [3.05, 3.63) is 65.8 Å². The highest BCUT2D eigenvalue weighted by atomic mass is 32.1. The summed E-state index contributed by atoms with van der Waals surface area (Å²) in [7, 11) is 1.32. The van der Waals surface area contributed by atoms with Crippen molar-refractivity contribution < 1.29 is 14.3 Å². The van der Waals surface area contributed by atoms with Crippen LogP contribution in [0.15, 0.2) is 60.9 Å². The maximum Gasteiger partial charge on any atom is 0.328 e. The monoisotopic (exact) mass is 381 g/mol. The zero-order valence-corrected chi connectivity index (χ0v) is 15.8. The molecule has 3 aromatic rings. The molecule has 27 heavy (non-hydrogen) atoms. The molecule has 1 atom stereocenters. The van der Waals surface area contributed by atoms with Gasteiger partial charge in [0.2, 0.25) is 0 Å². The third kappa shape index (κ3) is 4.03. The quantitative estimate of drug-likeness (QED) is 0.607. The highest BCUT2D eigenvalue weighted by molar-refractivity contribution is 7.17. The predicted octanol–water partition coefficient (Wildman–Crippen LogP) is 3.80. The number of pyridine rings is 1. The van der Waals surface area contributed by atoms with Crippen LogP contribution >= 0.6 is 11.3 Å². The maximum atomic E-state index is 13.3. The first kappa shape index (κ1) is 18.7. The number of hydrogen-bond acceptors (Lipinski definition) is 6. The fourth-order valence-electron chi connectivity index (χ4n) is 2.72. The molecule has 0 radical (unpaired) electrons. The van der Waals surface area contributed by atoms with Gasteiger partial charge in [0.05, 0.1) is 19.0 Å².